The van der Waals surface area contributed by atoms with Crippen LogP contribution in [-0.4, -0.2) is 42.0 Å². The van der Waals surface area contributed by atoms with Gasteiger partial charge < -0.3 is 15.4 Å². The first-order valence-corrected chi connectivity index (χ1v) is 1.73. The molecular weight excluding hydrogens is 113 g/mol. The van der Waals surface area contributed by atoms with E-state index in [2.05, 4.69) is 15.4 Å². The van der Waals surface area contributed by atoms with Gasteiger partial charge in [0.05, 0.1) is 0 Å². The Bertz CT molecular complexity index is 26.8. The molecule has 0 saturated carbocycles. The fraction of sp³-hybridized carbons (Fsp3) is 0. The Morgan fingerprint density at radius 3 is 1.12 bits per heavy atom. The Hall–Kier alpha value is 0.357. The van der Waals surface area contributed by atoms with Crippen molar-refractivity contribution in [2.45, 2.75) is 0 Å². The zero-order valence-corrected chi connectivity index (χ0v) is 3.81. The van der Waals surface area contributed by atoms with Gasteiger partial charge in [-0.25, -0.2) is 0 Å². The molecule has 1 aliphatic rings. The van der Waals surface area contributed by atoms with Gasteiger partial charge in [0.15, 0.2) is 0 Å². The van der Waals surface area contributed by atoms with Crippen LogP contribution in [0.2, 0.25) is 0 Å². The van der Waals surface area contributed by atoms with Gasteiger partial charge in [-0.3, -0.25) is 0 Å². The van der Waals surface area contributed by atoms with Gasteiger partial charge in [0.2, 0.25) is 0 Å². The maximum Gasteiger partial charge on any atom is 0.284 e. The van der Waals surface area contributed by atoms with Crippen molar-refractivity contribution in [3.63, 3.8) is 0 Å². The second-order valence-corrected chi connectivity index (χ2v) is 0.933. The van der Waals surface area contributed by atoms with E-state index < -0.39 is 0 Å². The molecule has 1 rings (SSSR count). The van der Waals surface area contributed by atoms with Gasteiger partial charge in [-0.15, -0.1) is 0 Å². The zero-order chi connectivity index (χ0) is 4.24. The molecule has 8 heavy (non-hydrogen) atoms. The SMILES string of the molecule is [B].[B]1N[B]N[B]N1.[SiH4]. The first-order valence-electron chi connectivity index (χ1n) is 1.73. The lowest BCUT2D eigenvalue weighted by molar-refractivity contribution is 1.28. The van der Waals surface area contributed by atoms with E-state index in [1.807, 2.05) is 0 Å². The van der Waals surface area contributed by atoms with Crippen molar-refractivity contribution in [1.82, 2.24) is 15.4 Å². The van der Waals surface area contributed by atoms with Gasteiger partial charge in [-0.2, -0.15) is 0 Å². The Kier molecular flexibility index (Phi) is 10.3. The average Bonchev–Trinajstić information content (AvgIpc) is 1.72. The van der Waals surface area contributed by atoms with Crippen LogP contribution in [0, 0.1) is 0 Å². The second-order valence-electron chi connectivity index (χ2n) is 0.933. The summed E-state index contributed by atoms with van der Waals surface area (Å²) in [6, 6.07) is 0. The van der Waals surface area contributed by atoms with Gasteiger partial charge >= 0.3 is 0 Å². The molecule has 8 heteroatoms. The molecule has 0 aromatic rings. The molecule has 38 valence electrons. The Balaban J connectivity index is 0. The number of hydrogen-bond acceptors (Lipinski definition) is 3. The predicted octanol–water partition coefficient (Wildman–Crippen LogP) is -4.46. The topological polar surface area (TPSA) is 36.1 Å². The molecule has 1 fully saturated rings. The lowest BCUT2D eigenvalue weighted by Gasteiger charge is -2.07. The Morgan fingerprint density at radius 1 is 0.750 bits per heavy atom. The molecule has 0 spiro atoms. The van der Waals surface area contributed by atoms with Gasteiger partial charge in [0.25, 0.3) is 22.6 Å². The fourth-order valence-corrected chi connectivity index (χ4v) is 0.269. The molecule has 0 aliphatic carbocycles. The van der Waals surface area contributed by atoms with Crippen molar-refractivity contribution in [2.24, 2.45) is 0 Å². The van der Waals surface area contributed by atoms with E-state index in [4.69, 9.17) is 0 Å². The van der Waals surface area contributed by atoms with Crippen LogP contribution >= 0.6 is 0 Å². The quantitative estimate of drug-likeness (QED) is 0.282. The molecule has 1 heterocycles. The summed E-state index contributed by atoms with van der Waals surface area (Å²) in [5.74, 6) is 0. The first kappa shape index (κ1) is 11.2. The molecule has 6 radical (unpaired) electrons. The van der Waals surface area contributed by atoms with Gasteiger partial charge in [0, 0.05) is 8.41 Å². The fourth-order valence-electron chi connectivity index (χ4n) is 0.269. The van der Waals surface area contributed by atoms with E-state index in [0.29, 0.717) is 0 Å². The first-order chi connectivity index (χ1) is 3.00. The van der Waals surface area contributed by atoms with Gasteiger partial charge in [-0.05, 0) is 11.0 Å². The molecule has 0 unspecified atom stereocenters. The summed E-state index contributed by atoms with van der Waals surface area (Å²) in [5, 5.41) is 8.34. The van der Waals surface area contributed by atoms with Crippen LogP contribution in [0.15, 0.2) is 0 Å². The maximum absolute atomic E-state index is 2.78. The van der Waals surface area contributed by atoms with Crippen molar-refractivity contribution < 1.29 is 0 Å². The van der Waals surface area contributed by atoms with Crippen molar-refractivity contribution in [2.75, 3.05) is 0 Å². The van der Waals surface area contributed by atoms with Crippen molar-refractivity contribution >= 4 is 42.0 Å². The van der Waals surface area contributed by atoms with Gasteiger partial charge in [-0.1, -0.05) is 0 Å². The van der Waals surface area contributed by atoms with Crippen LogP contribution in [0.4, 0.5) is 0 Å². The third kappa shape index (κ3) is 4.51. The van der Waals surface area contributed by atoms with Crippen molar-refractivity contribution in [3.8, 4) is 0 Å². The summed E-state index contributed by atoms with van der Waals surface area (Å²) in [6.07, 6.45) is 0. The summed E-state index contributed by atoms with van der Waals surface area (Å²) in [5.41, 5.74) is 0. The minimum atomic E-state index is 0. The zero-order valence-electron chi connectivity index (χ0n) is 3.81. The third-order valence-electron chi connectivity index (χ3n) is 0.500. The van der Waals surface area contributed by atoms with Crippen LogP contribution in [0.1, 0.15) is 0 Å². The average molecular weight is 120 g/mol. The normalized spacial score (nSPS) is 15.0. The second kappa shape index (κ2) is 7.36. The van der Waals surface area contributed by atoms with Crippen LogP contribution in [0.25, 0.3) is 0 Å². The number of hydrogen-bond donors (Lipinski definition) is 3. The smallest absolute Gasteiger partial charge is 0.284 e. The summed E-state index contributed by atoms with van der Waals surface area (Å²) in [4.78, 5) is 0. The Morgan fingerprint density at radius 2 is 1.00 bits per heavy atom. The molecule has 0 aromatic carbocycles. The largest absolute Gasteiger partial charge is 0.379 e. The number of rotatable bonds is 0. The van der Waals surface area contributed by atoms with Crippen molar-refractivity contribution in [3.05, 3.63) is 0 Å². The van der Waals surface area contributed by atoms with Crippen LogP contribution in [-0.2, 0) is 0 Å². The summed E-state index contributed by atoms with van der Waals surface area (Å²) >= 11 is 0. The molecule has 3 nitrogen and oxygen atoms in total. The molecule has 0 amide bonds. The molecule has 0 aromatic heterocycles. The maximum atomic E-state index is 2.78. The minimum absolute atomic E-state index is 0. The highest BCUT2D eigenvalue weighted by atomic mass is 28.1. The monoisotopic (exact) mass is 121 g/mol. The highest BCUT2D eigenvalue weighted by molar-refractivity contribution is 6.65. The highest BCUT2D eigenvalue weighted by Crippen LogP contribution is 1.46. The Labute approximate surface area is 58.2 Å². The summed E-state index contributed by atoms with van der Waals surface area (Å²) < 4.78 is 0. The predicted molar refractivity (Wildman–Crippen MR) is 43.8 cm³/mol. The van der Waals surface area contributed by atoms with E-state index in [-0.39, 0.29) is 19.4 Å². The van der Waals surface area contributed by atoms with E-state index in [9.17, 15) is 0 Å². The molecule has 1 aliphatic heterocycles. The standard InChI is InChI=1S/B3H3N3.B.H4Si/c1-4-2-6-3-5-1;;/h4-6H;;1H4. The molecule has 3 N–H and O–H groups in total. The minimum Gasteiger partial charge on any atom is -0.379 e. The van der Waals surface area contributed by atoms with Gasteiger partial charge in [0.1, 0.15) is 0 Å². The van der Waals surface area contributed by atoms with Crippen LogP contribution in [0.3, 0.4) is 0 Å². The molecule has 0 bridgehead atoms. The number of nitrogens with one attached hydrogen (secondary N) is 3. The van der Waals surface area contributed by atoms with Crippen LogP contribution in [0.5, 0.6) is 0 Å². The summed E-state index contributed by atoms with van der Waals surface area (Å²) in [7, 11) is 5.16. The lowest BCUT2D eigenvalue weighted by Crippen LogP contribution is -2.55. The molecule has 0 atom stereocenters. The van der Waals surface area contributed by atoms with Crippen LogP contribution < -0.4 is 15.4 Å². The highest BCUT2D eigenvalue weighted by Gasteiger charge is 1.98. The third-order valence-corrected chi connectivity index (χ3v) is 0.500. The van der Waals surface area contributed by atoms with E-state index in [0.717, 1.165) is 0 Å². The molecule has 1 saturated heterocycles. The van der Waals surface area contributed by atoms with E-state index >= 15 is 0 Å². The van der Waals surface area contributed by atoms with E-state index in [1.54, 1.807) is 22.6 Å². The van der Waals surface area contributed by atoms with E-state index in [1.165, 1.54) is 0 Å². The molecular formula is H7B4N3Si. The lowest BCUT2D eigenvalue weighted by atomic mass is 9.85. The summed E-state index contributed by atoms with van der Waals surface area (Å²) in [6.45, 7) is 0. The van der Waals surface area contributed by atoms with Crippen molar-refractivity contribution in [1.29, 1.82) is 0 Å².